The first-order chi connectivity index (χ1) is 10.6. The minimum atomic E-state index is -0.582. The molecule has 1 aromatic rings. The van der Waals surface area contributed by atoms with Gasteiger partial charge in [-0.25, -0.2) is 9.59 Å². The lowest BCUT2D eigenvalue weighted by Crippen LogP contribution is -2.14. The Morgan fingerprint density at radius 3 is 1.55 bits per heavy atom. The first kappa shape index (κ1) is 19.6. The molecule has 0 aliphatic rings. The maximum absolute atomic E-state index is 11.7. The van der Waals surface area contributed by atoms with Crippen LogP contribution in [-0.2, 0) is 9.47 Å². The monoisotopic (exact) mass is 308 g/mol. The van der Waals surface area contributed by atoms with Crippen molar-refractivity contribution in [2.45, 2.75) is 0 Å². The van der Waals surface area contributed by atoms with Crippen molar-refractivity contribution >= 4 is 11.9 Å². The fraction of sp³-hybridized carbons (Fsp3) is 0.250. The average Bonchev–Trinajstić information content (AvgIpc) is 2.57. The third-order valence-electron chi connectivity index (χ3n) is 2.13. The summed E-state index contributed by atoms with van der Waals surface area (Å²) in [6.07, 6.45) is 2.91. The molecule has 0 aliphatic carbocycles. The quantitative estimate of drug-likeness (QED) is 0.583. The van der Waals surface area contributed by atoms with Crippen molar-refractivity contribution in [3.8, 4) is 0 Å². The summed E-state index contributed by atoms with van der Waals surface area (Å²) in [5, 5.41) is 15.2. The molecule has 0 saturated carbocycles. The normalized spacial score (nSPS) is 9.00. The van der Waals surface area contributed by atoms with Gasteiger partial charge in [0.15, 0.2) is 0 Å². The summed E-state index contributed by atoms with van der Waals surface area (Å²) in [6, 6.07) is 6.31. The molecule has 0 aliphatic heterocycles. The predicted octanol–water partition coefficient (Wildman–Crippen LogP) is 1.34. The summed E-state index contributed by atoms with van der Waals surface area (Å²) in [5.74, 6) is -1.16. The van der Waals surface area contributed by atoms with E-state index in [0.717, 1.165) is 0 Å². The average molecular weight is 308 g/mol. The van der Waals surface area contributed by atoms with Crippen LogP contribution in [-0.4, -0.2) is 48.6 Å². The second kappa shape index (κ2) is 12.3. The highest BCUT2D eigenvalue weighted by Gasteiger charge is 2.18. The third kappa shape index (κ3) is 7.37. The van der Waals surface area contributed by atoms with Gasteiger partial charge < -0.3 is 19.7 Å². The van der Waals surface area contributed by atoms with Gasteiger partial charge in [-0.2, -0.15) is 0 Å². The summed E-state index contributed by atoms with van der Waals surface area (Å²) >= 11 is 0. The summed E-state index contributed by atoms with van der Waals surface area (Å²) < 4.78 is 9.78. The molecule has 0 atom stereocenters. The molecular formula is C16H20O6. The zero-order valence-corrected chi connectivity index (χ0v) is 12.2. The van der Waals surface area contributed by atoms with Crippen molar-refractivity contribution in [2.24, 2.45) is 0 Å². The van der Waals surface area contributed by atoms with Gasteiger partial charge in [-0.15, -0.1) is 0 Å². The van der Waals surface area contributed by atoms with E-state index in [2.05, 4.69) is 13.2 Å². The molecule has 6 heteroatoms. The lowest BCUT2D eigenvalue weighted by atomic mass is 10.1. The maximum atomic E-state index is 11.7. The van der Waals surface area contributed by atoms with Gasteiger partial charge in [0.25, 0.3) is 0 Å². The van der Waals surface area contributed by atoms with E-state index >= 15 is 0 Å². The van der Waals surface area contributed by atoms with Crippen LogP contribution in [0.5, 0.6) is 0 Å². The smallest absolute Gasteiger partial charge is 0.339 e. The molecule has 0 heterocycles. The van der Waals surface area contributed by atoms with Crippen LogP contribution in [0.4, 0.5) is 0 Å². The number of hydrogen-bond acceptors (Lipinski definition) is 6. The van der Waals surface area contributed by atoms with Crippen molar-refractivity contribution in [3.05, 3.63) is 60.7 Å². The Bertz CT molecular complexity index is 450. The van der Waals surface area contributed by atoms with Gasteiger partial charge in [0, 0.05) is 0 Å². The van der Waals surface area contributed by atoms with Gasteiger partial charge in [0.2, 0.25) is 0 Å². The predicted molar refractivity (Wildman–Crippen MR) is 81.6 cm³/mol. The van der Waals surface area contributed by atoms with Crippen LogP contribution in [0.3, 0.4) is 0 Å². The van der Waals surface area contributed by atoms with Crippen LogP contribution >= 0.6 is 0 Å². The topological polar surface area (TPSA) is 93.1 Å². The van der Waals surface area contributed by atoms with E-state index in [9.17, 15) is 9.59 Å². The number of carbonyl (C=O) groups is 2. The van der Waals surface area contributed by atoms with E-state index < -0.39 is 11.9 Å². The number of aliphatic hydroxyl groups is 2. The number of hydrogen-bond donors (Lipinski definition) is 2. The molecule has 0 amide bonds. The van der Waals surface area contributed by atoms with Crippen LogP contribution < -0.4 is 0 Å². The molecule has 0 radical (unpaired) electrons. The fourth-order valence-corrected chi connectivity index (χ4v) is 1.26. The Labute approximate surface area is 129 Å². The van der Waals surface area contributed by atoms with Gasteiger partial charge >= 0.3 is 11.9 Å². The first-order valence-corrected chi connectivity index (χ1v) is 6.49. The van der Waals surface area contributed by atoms with E-state index in [1.807, 2.05) is 0 Å². The molecule has 2 N–H and O–H groups in total. The Morgan fingerprint density at radius 2 is 1.27 bits per heavy atom. The molecule has 0 fully saturated rings. The Hall–Kier alpha value is -2.44. The molecule has 1 aromatic carbocycles. The highest BCUT2D eigenvalue weighted by atomic mass is 16.5. The van der Waals surface area contributed by atoms with Crippen LogP contribution in [0.25, 0.3) is 0 Å². The highest BCUT2D eigenvalue weighted by Crippen LogP contribution is 2.12. The van der Waals surface area contributed by atoms with E-state index in [0.29, 0.717) is 0 Å². The molecule has 0 bridgehead atoms. The van der Waals surface area contributed by atoms with Crippen molar-refractivity contribution < 1.29 is 29.3 Å². The molecule has 22 heavy (non-hydrogen) atoms. The minimum Gasteiger partial charge on any atom is -0.458 e. The van der Waals surface area contributed by atoms with Gasteiger partial charge in [-0.05, 0) is 12.1 Å². The Balaban J connectivity index is 0.000000980. The number of benzene rings is 1. The van der Waals surface area contributed by atoms with Gasteiger partial charge in [0.05, 0.1) is 24.3 Å². The lowest BCUT2D eigenvalue weighted by Gasteiger charge is -2.07. The zero-order chi connectivity index (χ0) is 16.8. The Morgan fingerprint density at radius 1 is 0.909 bits per heavy atom. The number of aliphatic hydroxyl groups excluding tert-OH is 2. The largest absolute Gasteiger partial charge is 0.458 e. The van der Waals surface area contributed by atoms with Crippen LogP contribution in [0.1, 0.15) is 20.7 Å². The molecule has 0 aromatic heterocycles. The maximum Gasteiger partial charge on any atom is 0.339 e. The number of ether oxygens (including phenoxy) is 2. The van der Waals surface area contributed by atoms with E-state index in [1.165, 1.54) is 24.3 Å². The van der Waals surface area contributed by atoms with Crippen LogP contribution in [0.15, 0.2) is 49.6 Å². The highest BCUT2D eigenvalue weighted by molar-refractivity contribution is 6.03. The molecule has 0 unspecified atom stereocenters. The van der Waals surface area contributed by atoms with Crippen LogP contribution in [0.2, 0.25) is 0 Å². The third-order valence-corrected chi connectivity index (χ3v) is 2.13. The van der Waals surface area contributed by atoms with Crippen molar-refractivity contribution in [1.82, 2.24) is 0 Å². The van der Waals surface area contributed by atoms with Crippen molar-refractivity contribution in [1.29, 1.82) is 0 Å². The first-order valence-electron chi connectivity index (χ1n) is 6.49. The summed E-state index contributed by atoms with van der Waals surface area (Å²) in [7, 11) is 0. The van der Waals surface area contributed by atoms with E-state index in [1.54, 1.807) is 12.1 Å². The molecule has 1 rings (SSSR count). The summed E-state index contributed by atoms with van der Waals surface area (Å²) in [5.41, 5.74) is 0.349. The van der Waals surface area contributed by atoms with E-state index in [-0.39, 0.29) is 37.6 Å². The van der Waals surface area contributed by atoms with Gasteiger partial charge in [0.1, 0.15) is 13.2 Å². The summed E-state index contributed by atoms with van der Waals surface area (Å²) in [4.78, 5) is 23.4. The lowest BCUT2D eigenvalue weighted by molar-refractivity contribution is 0.0503. The molecular weight excluding hydrogens is 288 g/mol. The SMILES string of the molecule is C=CCOC(=O)c1ccccc1C(=O)OCC=C.OCCO. The number of carbonyl (C=O) groups excluding carboxylic acids is 2. The standard InChI is InChI=1S/C14H14O4.C2H6O2/c1-3-9-17-13(15)11-7-5-6-8-12(11)14(16)18-10-4-2;3-1-2-4/h3-8H,1-2,9-10H2;3-4H,1-2H2. The van der Waals surface area contributed by atoms with Gasteiger partial charge in [-0.1, -0.05) is 37.4 Å². The van der Waals surface area contributed by atoms with E-state index in [4.69, 9.17) is 19.7 Å². The molecule has 6 nitrogen and oxygen atoms in total. The molecule has 120 valence electrons. The summed E-state index contributed by atoms with van der Waals surface area (Å²) in [6.45, 7) is 6.82. The minimum absolute atomic E-state index is 0.0921. The van der Waals surface area contributed by atoms with Crippen molar-refractivity contribution in [2.75, 3.05) is 26.4 Å². The second-order valence-corrected chi connectivity index (χ2v) is 3.77. The van der Waals surface area contributed by atoms with Crippen molar-refractivity contribution in [3.63, 3.8) is 0 Å². The fourth-order valence-electron chi connectivity index (χ4n) is 1.26. The Kier molecular flexibility index (Phi) is 10.9. The number of rotatable bonds is 7. The molecule has 0 spiro atoms. The van der Waals surface area contributed by atoms with Gasteiger partial charge in [-0.3, -0.25) is 0 Å². The molecule has 0 saturated heterocycles. The second-order valence-electron chi connectivity index (χ2n) is 3.77. The number of esters is 2. The van der Waals surface area contributed by atoms with Crippen LogP contribution in [0, 0.1) is 0 Å². The zero-order valence-electron chi connectivity index (χ0n) is 12.2.